The molecule has 2 atom stereocenters. The fourth-order valence-corrected chi connectivity index (χ4v) is 3.43. The molecule has 0 fully saturated rings. The van der Waals surface area contributed by atoms with Crippen LogP contribution in [0.15, 0.2) is 24.3 Å². The Hall–Kier alpha value is -0.950. The maximum Gasteiger partial charge on any atom is 0.267 e. The minimum atomic E-state index is -4.42. The summed E-state index contributed by atoms with van der Waals surface area (Å²) in [4.78, 5) is 1.29. The van der Waals surface area contributed by atoms with Crippen LogP contribution in [0.25, 0.3) is 0 Å². The van der Waals surface area contributed by atoms with Crippen molar-refractivity contribution in [3.05, 3.63) is 29.3 Å². The normalized spacial score (nSPS) is 15.0. The van der Waals surface area contributed by atoms with E-state index in [1.165, 1.54) is 11.0 Å². The van der Waals surface area contributed by atoms with Crippen LogP contribution in [0.2, 0.25) is 5.02 Å². The van der Waals surface area contributed by atoms with Crippen molar-refractivity contribution in [2.24, 2.45) is 0 Å². The lowest BCUT2D eigenvalue weighted by molar-refractivity contribution is 0.178. The molecule has 0 amide bonds. The minimum Gasteiger partial charge on any atom is -0.390 e. The molecule has 0 heterocycles. The molecule has 1 rings (SSSR count). The van der Waals surface area contributed by atoms with E-state index in [4.69, 9.17) is 20.7 Å². The molecule has 0 saturated heterocycles. The number of anilines is 1. The van der Waals surface area contributed by atoms with Gasteiger partial charge in [-0.2, -0.15) is 16.8 Å². The lowest BCUT2D eigenvalue weighted by atomic mass is 10.2. The van der Waals surface area contributed by atoms with Gasteiger partial charge in [0, 0.05) is 23.8 Å². The molecule has 24 heavy (non-hydrogen) atoms. The topological polar surface area (TPSA) is 152 Å². The number of benzene rings is 1. The number of aliphatic hydroxyl groups is 2. The number of halogens is 1. The standard InChI is InChI=1S/C12H18ClNO8S2/c13-9-2-1-3-10(4-9)14(5-11(15)7-23(17,18)19)6-12(16)8-24(20,21)22/h1-4,11-12,15-16H,5-8H2,(H,17,18,19)(H,20,21,22). The summed E-state index contributed by atoms with van der Waals surface area (Å²) in [5, 5.41) is 19.9. The highest BCUT2D eigenvalue weighted by molar-refractivity contribution is 7.86. The summed E-state index contributed by atoms with van der Waals surface area (Å²) in [6.45, 7) is -0.661. The quantitative estimate of drug-likeness (QED) is 0.405. The maximum absolute atomic E-state index is 10.8. The molecule has 138 valence electrons. The van der Waals surface area contributed by atoms with Gasteiger partial charge >= 0.3 is 0 Å². The van der Waals surface area contributed by atoms with Gasteiger partial charge in [-0.3, -0.25) is 9.11 Å². The number of rotatable bonds is 9. The number of hydrogen-bond donors (Lipinski definition) is 4. The molecule has 0 aromatic heterocycles. The van der Waals surface area contributed by atoms with Gasteiger partial charge < -0.3 is 15.1 Å². The van der Waals surface area contributed by atoms with Gasteiger partial charge in [0.15, 0.2) is 0 Å². The van der Waals surface area contributed by atoms with Crippen LogP contribution in [0.1, 0.15) is 0 Å². The highest BCUT2D eigenvalue weighted by atomic mass is 35.5. The molecular weight excluding hydrogens is 386 g/mol. The molecule has 1 aromatic rings. The number of hydrogen-bond acceptors (Lipinski definition) is 7. The number of nitrogens with zero attached hydrogens (tertiary/aromatic N) is 1. The Bertz CT molecular complexity index is 710. The van der Waals surface area contributed by atoms with E-state index >= 15 is 0 Å². The fraction of sp³-hybridized carbons (Fsp3) is 0.500. The van der Waals surface area contributed by atoms with Crippen molar-refractivity contribution in [2.45, 2.75) is 12.2 Å². The smallest absolute Gasteiger partial charge is 0.267 e. The van der Waals surface area contributed by atoms with Gasteiger partial charge in [-0.05, 0) is 18.2 Å². The van der Waals surface area contributed by atoms with Crippen LogP contribution in [-0.4, -0.2) is 73.0 Å². The van der Waals surface area contributed by atoms with Crippen molar-refractivity contribution in [1.29, 1.82) is 0 Å². The molecule has 0 spiro atoms. The third-order valence-corrected chi connectivity index (χ3v) is 4.69. The van der Waals surface area contributed by atoms with E-state index in [1.54, 1.807) is 18.2 Å². The van der Waals surface area contributed by atoms with Crippen LogP contribution < -0.4 is 4.90 Å². The van der Waals surface area contributed by atoms with Crippen LogP contribution in [0.3, 0.4) is 0 Å². The summed E-state index contributed by atoms with van der Waals surface area (Å²) in [5.41, 5.74) is 0.381. The average molecular weight is 404 g/mol. The highest BCUT2D eigenvalue weighted by Gasteiger charge is 2.22. The Kier molecular flexibility index (Phi) is 7.41. The van der Waals surface area contributed by atoms with Crippen molar-refractivity contribution in [1.82, 2.24) is 0 Å². The largest absolute Gasteiger partial charge is 0.390 e. The van der Waals surface area contributed by atoms with Gasteiger partial charge in [0.1, 0.15) is 11.5 Å². The Balaban J connectivity index is 2.95. The van der Waals surface area contributed by atoms with Gasteiger partial charge in [-0.1, -0.05) is 17.7 Å². The van der Waals surface area contributed by atoms with Crippen LogP contribution in [-0.2, 0) is 20.2 Å². The summed E-state index contributed by atoms with van der Waals surface area (Å²) < 4.78 is 60.8. The van der Waals surface area contributed by atoms with Crippen molar-refractivity contribution >= 4 is 37.5 Å². The molecule has 1 aromatic carbocycles. The third kappa shape index (κ3) is 8.78. The van der Waals surface area contributed by atoms with E-state index in [-0.39, 0.29) is 13.1 Å². The fourth-order valence-electron chi connectivity index (χ4n) is 2.06. The number of aliphatic hydroxyl groups excluding tert-OH is 2. The van der Waals surface area contributed by atoms with Crippen molar-refractivity contribution < 1.29 is 36.2 Å². The molecule has 2 unspecified atom stereocenters. The first-order valence-electron chi connectivity index (χ1n) is 6.62. The van der Waals surface area contributed by atoms with Crippen molar-refractivity contribution in [3.63, 3.8) is 0 Å². The maximum atomic E-state index is 10.8. The SMILES string of the molecule is O=S(=O)(O)CC(O)CN(CC(O)CS(=O)(=O)O)c1cccc(Cl)c1. The zero-order valence-electron chi connectivity index (χ0n) is 12.4. The first kappa shape index (κ1) is 21.1. The Labute approximate surface area is 145 Å². The lowest BCUT2D eigenvalue weighted by Crippen LogP contribution is -2.42. The minimum absolute atomic E-state index is 0.325. The molecule has 0 aliphatic carbocycles. The molecule has 0 aliphatic rings. The second-order valence-electron chi connectivity index (χ2n) is 5.19. The molecular formula is C12H18ClNO8S2. The van der Waals surface area contributed by atoms with Crippen LogP contribution >= 0.6 is 11.6 Å². The highest BCUT2D eigenvalue weighted by Crippen LogP contribution is 2.20. The Morgan fingerprint density at radius 2 is 1.42 bits per heavy atom. The second kappa shape index (κ2) is 8.43. The lowest BCUT2D eigenvalue weighted by Gasteiger charge is -2.29. The summed E-state index contributed by atoms with van der Waals surface area (Å²) >= 11 is 5.85. The molecule has 0 bridgehead atoms. The molecule has 0 aliphatic heterocycles. The second-order valence-corrected chi connectivity index (χ2v) is 8.62. The van der Waals surface area contributed by atoms with E-state index in [1.807, 2.05) is 0 Å². The van der Waals surface area contributed by atoms with E-state index in [2.05, 4.69) is 0 Å². The summed E-state index contributed by atoms with van der Waals surface area (Å²) in [6.07, 6.45) is -3.01. The molecule has 9 nitrogen and oxygen atoms in total. The Morgan fingerprint density at radius 3 is 1.79 bits per heavy atom. The van der Waals surface area contributed by atoms with E-state index < -0.39 is 43.9 Å². The molecule has 12 heteroatoms. The first-order chi connectivity index (χ1) is 10.9. The zero-order chi connectivity index (χ0) is 18.5. The van der Waals surface area contributed by atoms with Crippen LogP contribution in [0.5, 0.6) is 0 Å². The van der Waals surface area contributed by atoms with Gasteiger partial charge in [0.2, 0.25) is 0 Å². The zero-order valence-corrected chi connectivity index (χ0v) is 14.7. The summed E-state index contributed by atoms with van der Waals surface area (Å²) in [7, 11) is -8.84. The predicted octanol–water partition coefficient (Wildman–Crippen LogP) is -0.356. The Morgan fingerprint density at radius 1 is 0.958 bits per heavy atom. The van der Waals surface area contributed by atoms with Gasteiger partial charge in [-0.25, -0.2) is 0 Å². The summed E-state index contributed by atoms with van der Waals surface area (Å²) in [6, 6.07) is 6.13. The van der Waals surface area contributed by atoms with Crippen LogP contribution in [0.4, 0.5) is 5.69 Å². The molecule has 0 radical (unpaired) electrons. The van der Waals surface area contributed by atoms with Gasteiger partial charge in [0.05, 0.1) is 12.2 Å². The van der Waals surface area contributed by atoms with Gasteiger partial charge in [-0.15, -0.1) is 0 Å². The third-order valence-electron chi connectivity index (χ3n) is 2.84. The van der Waals surface area contributed by atoms with Crippen molar-refractivity contribution in [3.8, 4) is 0 Å². The van der Waals surface area contributed by atoms with E-state index in [0.717, 1.165) is 0 Å². The molecule has 4 N–H and O–H groups in total. The predicted molar refractivity (Wildman–Crippen MR) is 88.5 cm³/mol. The average Bonchev–Trinajstić information content (AvgIpc) is 2.33. The monoisotopic (exact) mass is 403 g/mol. The van der Waals surface area contributed by atoms with E-state index in [9.17, 15) is 27.0 Å². The van der Waals surface area contributed by atoms with E-state index in [0.29, 0.717) is 10.7 Å². The van der Waals surface area contributed by atoms with Gasteiger partial charge in [0.25, 0.3) is 20.2 Å². The summed E-state index contributed by atoms with van der Waals surface area (Å²) in [5.74, 6) is -1.86. The molecule has 0 saturated carbocycles. The van der Waals surface area contributed by atoms with Crippen molar-refractivity contribution in [2.75, 3.05) is 29.5 Å². The first-order valence-corrected chi connectivity index (χ1v) is 10.2. The van der Waals surface area contributed by atoms with Crippen LogP contribution in [0, 0.1) is 0 Å².